The molecule has 0 aliphatic carbocycles. The Balaban J connectivity index is 1.64. The summed E-state index contributed by atoms with van der Waals surface area (Å²) < 4.78 is 22.5. The first-order chi connectivity index (χ1) is 20.5. The Morgan fingerprint density at radius 3 is 2.49 bits per heavy atom. The first-order valence-electron chi connectivity index (χ1n) is 13.9. The largest absolute Gasteiger partial charge is 0.489 e. The fourth-order valence-corrected chi connectivity index (χ4v) is 4.50. The van der Waals surface area contributed by atoms with E-state index in [-0.39, 0.29) is 38.3 Å². The molecule has 1 heterocycles. The van der Waals surface area contributed by atoms with Crippen LogP contribution in [0.4, 0.5) is 4.79 Å². The van der Waals surface area contributed by atoms with Crippen LogP contribution in [0.25, 0.3) is 22.1 Å². The molecule has 0 atom stereocenters. The molecular weight excluding hydrogens is 552 g/mol. The molecule has 226 valence electrons. The van der Waals surface area contributed by atoms with Gasteiger partial charge in [-0.1, -0.05) is 24.3 Å². The van der Waals surface area contributed by atoms with E-state index in [1.54, 1.807) is 45.9 Å². The number of rotatable bonds is 11. The molecule has 0 bridgehead atoms. The van der Waals surface area contributed by atoms with E-state index in [0.717, 1.165) is 27.6 Å². The third-order valence-corrected chi connectivity index (χ3v) is 6.34. The molecule has 4 N–H and O–H groups in total. The van der Waals surface area contributed by atoms with Crippen molar-refractivity contribution in [1.82, 2.24) is 5.32 Å². The van der Waals surface area contributed by atoms with Crippen LogP contribution < -0.4 is 15.8 Å². The summed E-state index contributed by atoms with van der Waals surface area (Å²) in [5, 5.41) is 13.3. The lowest BCUT2D eigenvalue weighted by molar-refractivity contribution is -0.142. The number of nitrogens with two attached hydrogens (primary N) is 1. The molecule has 1 aromatic heterocycles. The Morgan fingerprint density at radius 2 is 1.79 bits per heavy atom. The number of aliphatic hydroxyl groups excluding tert-OH is 1. The fraction of sp³-hybridized carbons (Fsp3) is 0.303. The molecular formula is C33H36N2O8. The van der Waals surface area contributed by atoms with E-state index < -0.39 is 23.6 Å². The summed E-state index contributed by atoms with van der Waals surface area (Å²) in [5.74, 6) is -0.293. The number of amides is 2. The van der Waals surface area contributed by atoms with Crippen LogP contribution in [-0.4, -0.2) is 35.3 Å². The van der Waals surface area contributed by atoms with Crippen molar-refractivity contribution >= 4 is 28.9 Å². The third-order valence-electron chi connectivity index (χ3n) is 6.34. The van der Waals surface area contributed by atoms with Gasteiger partial charge >= 0.3 is 12.1 Å². The zero-order chi connectivity index (χ0) is 31.1. The number of nitrogens with one attached hydrogen (secondary N) is 1. The van der Waals surface area contributed by atoms with Gasteiger partial charge in [-0.25, -0.2) is 4.79 Å². The highest BCUT2D eigenvalue weighted by Gasteiger charge is 2.18. The van der Waals surface area contributed by atoms with Gasteiger partial charge in [0, 0.05) is 28.6 Å². The lowest BCUT2D eigenvalue weighted by Crippen LogP contribution is -2.32. The van der Waals surface area contributed by atoms with Crippen molar-refractivity contribution < 1.29 is 38.1 Å². The van der Waals surface area contributed by atoms with Crippen LogP contribution in [-0.2, 0) is 40.4 Å². The monoisotopic (exact) mass is 588 g/mol. The van der Waals surface area contributed by atoms with Crippen LogP contribution in [0.15, 0.2) is 65.1 Å². The normalized spacial score (nSPS) is 11.3. The third kappa shape index (κ3) is 8.36. The molecule has 4 aromatic rings. The van der Waals surface area contributed by atoms with E-state index in [4.69, 9.17) is 24.4 Å². The standard InChI is InChI=1S/C33H36N2O8/c1-5-40-29(37)16-23-9-10-24(31(34)38)15-28(23)41-19-21-12-25-14-26(18-36)42-30(25)27(13-21)22-8-6-7-20(11-22)17-35-32(39)43-33(2,3)4/h6-15,36H,5,16-19H2,1-4H3,(H2,34,38)(H,35,39). The van der Waals surface area contributed by atoms with Crippen LogP contribution in [0.1, 0.15) is 60.5 Å². The summed E-state index contributed by atoms with van der Waals surface area (Å²) in [5.41, 5.74) is 9.47. The summed E-state index contributed by atoms with van der Waals surface area (Å²) in [6.45, 7) is 7.46. The number of alkyl carbamates (subject to hydrolysis) is 1. The number of benzene rings is 3. The minimum atomic E-state index is -0.618. The molecule has 0 aliphatic heterocycles. The smallest absolute Gasteiger partial charge is 0.407 e. The number of ether oxygens (including phenoxy) is 3. The Hall–Kier alpha value is -4.83. The maximum atomic E-state index is 12.2. The average molecular weight is 589 g/mol. The number of primary amides is 1. The van der Waals surface area contributed by atoms with Crippen molar-refractivity contribution in [2.75, 3.05) is 6.61 Å². The average Bonchev–Trinajstić information content (AvgIpc) is 3.38. The predicted octanol–water partition coefficient (Wildman–Crippen LogP) is 5.40. The molecule has 10 heteroatoms. The van der Waals surface area contributed by atoms with Crippen molar-refractivity contribution in [1.29, 1.82) is 0 Å². The number of carbonyl (C=O) groups is 3. The van der Waals surface area contributed by atoms with Crippen LogP contribution in [0.5, 0.6) is 5.75 Å². The summed E-state index contributed by atoms with van der Waals surface area (Å²) in [7, 11) is 0. The molecule has 0 saturated carbocycles. The summed E-state index contributed by atoms with van der Waals surface area (Å²) >= 11 is 0. The van der Waals surface area contributed by atoms with Gasteiger partial charge in [-0.05, 0) is 80.8 Å². The summed E-state index contributed by atoms with van der Waals surface area (Å²) in [6, 6.07) is 17.9. The van der Waals surface area contributed by atoms with Crippen LogP contribution in [0.3, 0.4) is 0 Å². The zero-order valence-corrected chi connectivity index (χ0v) is 24.7. The summed E-state index contributed by atoms with van der Waals surface area (Å²) in [6.07, 6.45) is -0.543. The van der Waals surface area contributed by atoms with E-state index in [1.807, 2.05) is 36.4 Å². The molecule has 0 unspecified atom stereocenters. The van der Waals surface area contributed by atoms with E-state index in [9.17, 15) is 19.5 Å². The predicted molar refractivity (Wildman–Crippen MR) is 160 cm³/mol. The Morgan fingerprint density at radius 1 is 1.00 bits per heavy atom. The van der Waals surface area contributed by atoms with Crippen molar-refractivity contribution in [2.45, 2.75) is 59.5 Å². The van der Waals surface area contributed by atoms with Gasteiger partial charge in [0.25, 0.3) is 0 Å². The number of carbonyl (C=O) groups excluding carboxylic acids is 3. The second kappa shape index (κ2) is 13.4. The molecule has 0 aliphatic rings. The van der Waals surface area contributed by atoms with Gasteiger partial charge in [0.05, 0.1) is 13.0 Å². The van der Waals surface area contributed by atoms with Crippen molar-refractivity contribution in [3.05, 3.63) is 88.7 Å². The van der Waals surface area contributed by atoms with Gasteiger partial charge in [0.2, 0.25) is 5.91 Å². The molecule has 0 saturated heterocycles. The molecule has 0 spiro atoms. The number of esters is 1. The van der Waals surface area contributed by atoms with Crippen LogP contribution in [0, 0.1) is 0 Å². The number of hydrogen-bond acceptors (Lipinski definition) is 8. The van der Waals surface area contributed by atoms with E-state index >= 15 is 0 Å². The van der Waals surface area contributed by atoms with E-state index in [2.05, 4.69) is 5.32 Å². The van der Waals surface area contributed by atoms with Crippen LogP contribution in [0.2, 0.25) is 0 Å². The molecule has 0 fully saturated rings. The van der Waals surface area contributed by atoms with E-state index in [0.29, 0.717) is 22.7 Å². The highest BCUT2D eigenvalue weighted by Crippen LogP contribution is 2.34. The maximum Gasteiger partial charge on any atom is 0.407 e. The Bertz CT molecular complexity index is 1630. The minimum Gasteiger partial charge on any atom is -0.489 e. The summed E-state index contributed by atoms with van der Waals surface area (Å²) in [4.78, 5) is 36.2. The molecule has 43 heavy (non-hydrogen) atoms. The lowest BCUT2D eigenvalue weighted by atomic mass is 9.99. The Labute approximate surface area is 249 Å². The molecule has 4 rings (SSSR count). The fourth-order valence-electron chi connectivity index (χ4n) is 4.50. The topological polar surface area (TPSA) is 150 Å². The van der Waals surface area contributed by atoms with Gasteiger partial charge in [-0.15, -0.1) is 0 Å². The Kier molecular flexibility index (Phi) is 9.72. The van der Waals surface area contributed by atoms with Crippen molar-refractivity contribution in [2.24, 2.45) is 5.73 Å². The molecule has 2 amide bonds. The van der Waals surface area contributed by atoms with Gasteiger partial charge in [0.1, 0.15) is 35.9 Å². The SMILES string of the molecule is CCOC(=O)Cc1ccc(C(N)=O)cc1OCc1cc(-c2cccc(CNC(=O)OC(C)(C)C)c2)c2oc(CO)cc2c1. The quantitative estimate of drug-likeness (QED) is 0.197. The minimum absolute atomic E-state index is 0.0295. The lowest BCUT2D eigenvalue weighted by Gasteiger charge is -2.19. The van der Waals surface area contributed by atoms with Crippen LogP contribution >= 0.6 is 0 Å². The number of furan rings is 1. The molecule has 10 nitrogen and oxygen atoms in total. The molecule has 0 radical (unpaired) electrons. The van der Waals surface area contributed by atoms with Gasteiger partial charge in [-0.2, -0.15) is 0 Å². The number of aliphatic hydroxyl groups is 1. The second-order valence-corrected chi connectivity index (χ2v) is 10.9. The first-order valence-corrected chi connectivity index (χ1v) is 13.9. The highest BCUT2D eigenvalue weighted by atomic mass is 16.6. The highest BCUT2D eigenvalue weighted by molar-refractivity contribution is 5.94. The number of hydrogen-bond donors (Lipinski definition) is 3. The number of fused-ring (bicyclic) bond motifs is 1. The van der Waals surface area contributed by atoms with Gasteiger partial charge in [0.15, 0.2) is 0 Å². The van der Waals surface area contributed by atoms with Gasteiger partial charge in [-0.3, -0.25) is 9.59 Å². The maximum absolute atomic E-state index is 12.2. The van der Waals surface area contributed by atoms with Crippen molar-refractivity contribution in [3.8, 4) is 16.9 Å². The second-order valence-electron chi connectivity index (χ2n) is 10.9. The molecule has 3 aromatic carbocycles. The van der Waals surface area contributed by atoms with E-state index in [1.165, 1.54) is 6.07 Å². The first kappa shape index (κ1) is 31.1. The van der Waals surface area contributed by atoms with Gasteiger partial charge < -0.3 is 34.8 Å². The van der Waals surface area contributed by atoms with Crippen molar-refractivity contribution in [3.63, 3.8) is 0 Å². The zero-order valence-electron chi connectivity index (χ0n) is 24.7.